The third kappa shape index (κ3) is 5.62. The van der Waals surface area contributed by atoms with Crippen molar-refractivity contribution in [2.75, 3.05) is 25.4 Å². The number of carbonyl (C=O) groups is 1. The van der Waals surface area contributed by atoms with Gasteiger partial charge in [0.05, 0.1) is 30.3 Å². The lowest BCUT2D eigenvalue weighted by Crippen LogP contribution is -3.13. The number of hydrogen-bond donors (Lipinski definition) is 2. The maximum absolute atomic E-state index is 12.2. The Morgan fingerprint density at radius 2 is 1.87 bits per heavy atom. The molecule has 2 rings (SSSR count). The van der Waals surface area contributed by atoms with E-state index in [0.717, 1.165) is 25.9 Å². The van der Waals surface area contributed by atoms with E-state index < -0.39 is 9.84 Å². The van der Waals surface area contributed by atoms with Crippen LogP contribution in [0.2, 0.25) is 0 Å². The van der Waals surface area contributed by atoms with E-state index in [2.05, 4.69) is 12.2 Å². The molecular weight excluding hydrogens is 312 g/mol. The van der Waals surface area contributed by atoms with Gasteiger partial charge in [0.15, 0.2) is 9.84 Å². The molecule has 23 heavy (non-hydrogen) atoms. The molecule has 128 valence electrons. The Morgan fingerprint density at radius 3 is 2.48 bits per heavy atom. The Hall–Kier alpha value is -1.40. The lowest BCUT2D eigenvalue weighted by atomic mass is 10.0. The van der Waals surface area contributed by atoms with Gasteiger partial charge >= 0.3 is 0 Å². The van der Waals surface area contributed by atoms with Crippen molar-refractivity contribution < 1.29 is 18.1 Å². The fourth-order valence-corrected chi connectivity index (χ4v) is 4.31. The van der Waals surface area contributed by atoms with E-state index in [1.165, 1.54) is 13.0 Å². The number of hydrogen-bond acceptors (Lipinski definition) is 3. The first-order valence-electron chi connectivity index (χ1n) is 8.42. The molecule has 0 unspecified atom stereocenters. The van der Waals surface area contributed by atoms with Gasteiger partial charge in [-0.05, 0) is 18.6 Å². The molecule has 0 saturated carbocycles. The smallest absolute Gasteiger partial charge is 0.221 e. The highest BCUT2D eigenvalue weighted by Gasteiger charge is 2.23. The van der Waals surface area contributed by atoms with Crippen LogP contribution in [0.3, 0.4) is 0 Å². The highest BCUT2D eigenvalue weighted by atomic mass is 32.2. The third-order valence-electron chi connectivity index (χ3n) is 4.36. The van der Waals surface area contributed by atoms with Crippen molar-refractivity contribution in [3.8, 4) is 0 Å². The molecule has 0 aliphatic carbocycles. The van der Waals surface area contributed by atoms with Gasteiger partial charge in [0, 0.05) is 25.3 Å². The average molecular weight is 339 g/mol. The molecule has 0 aromatic heterocycles. The Labute approximate surface area is 139 Å². The van der Waals surface area contributed by atoms with E-state index in [4.69, 9.17) is 0 Å². The summed E-state index contributed by atoms with van der Waals surface area (Å²) in [5, 5.41) is 2.99. The Kier molecular flexibility index (Phi) is 6.59. The molecule has 5 nitrogen and oxygen atoms in total. The second-order valence-electron chi connectivity index (χ2n) is 6.22. The summed E-state index contributed by atoms with van der Waals surface area (Å²) in [6, 6.07) is 8.50. The van der Waals surface area contributed by atoms with E-state index >= 15 is 0 Å². The van der Waals surface area contributed by atoms with Gasteiger partial charge in [-0.15, -0.1) is 0 Å². The number of rotatable bonds is 7. The van der Waals surface area contributed by atoms with Crippen molar-refractivity contribution in [1.82, 2.24) is 5.32 Å². The normalized spacial score (nSPS) is 21.8. The van der Waals surface area contributed by atoms with Crippen molar-refractivity contribution >= 4 is 15.7 Å². The second-order valence-corrected chi connectivity index (χ2v) is 8.33. The summed E-state index contributed by atoms with van der Waals surface area (Å²) in [4.78, 5) is 13.9. The maximum Gasteiger partial charge on any atom is 0.221 e. The number of benzene rings is 1. The molecule has 1 aromatic rings. The average Bonchev–Trinajstić information content (AvgIpc) is 2.56. The molecule has 1 saturated heterocycles. The quantitative estimate of drug-likeness (QED) is 0.757. The van der Waals surface area contributed by atoms with Crippen molar-refractivity contribution in [1.29, 1.82) is 0 Å². The van der Waals surface area contributed by atoms with Gasteiger partial charge in [0.25, 0.3) is 0 Å². The van der Waals surface area contributed by atoms with Crippen molar-refractivity contribution in [2.45, 2.75) is 43.5 Å². The molecule has 1 fully saturated rings. The zero-order chi connectivity index (χ0) is 16.7. The predicted molar refractivity (Wildman–Crippen MR) is 90.1 cm³/mol. The standard InChI is InChI=1S/C17H26N2O3S/c1-2-11-19-12-8-15(9-13-19)18-17(20)10-14-23(21,22)16-6-4-3-5-7-16/h3-7,15H,2,8-14H2,1H3,(H,18,20)/p+1. The second kappa shape index (κ2) is 8.45. The van der Waals surface area contributed by atoms with E-state index in [1.807, 2.05) is 0 Å². The van der Waals surface area contributed by atoms with Crippen LogP contribution in [0.4, 0.5) is 0 Å². The molecule has 0 spiro atoms. The van der Waals surface area contributed by atoms with Gasteiger partial charge in [-0.25, -0.2) is 8.42 Å². The molecule has 1 amide bonds. The van der Waals surface area contributed by atoms with E-state index in [0.29, 0.717) is 0 Å². The van der Waals surface area contributed by atoms with E-state index in [-0.39, 0.29) is 29.0 Å². The van der Waals surface area contributed by atoms with Gasteiger partial charge in [0.2, 0.25) is 5.91 Å². The van der Waals surface area contributed by atoms with Crippen molar-refractivity contribution in [2.24, 2.45) is 0 Å². The number of piperidine rings is 1. The number of quaternary nitrogens is 1. The van der Waals surface area contributed by atoms with Gasteiger partial charge < -0.3 is 10.2 Å². The van der Waals surface area contributed by atoms with Crippen LogP contribution in [-0.2, 0) is 14.6 Å². The van der Waals surface area contributed by atoms with Crippen LogP contribution >= 0.6 is 0 Å². The first-order chi connectivity index (χ1) is 11.0. The molecule has 6 heteroatoms. The van der Waals surface area contributed by atoms with Crippen LogP contribution in [0, 0.1) is 0 Å². The molecule has 1 aliphatic heterocycles. The summed E-state index contributed by atoms with van der Waals surface area (Å²) in [7, 11) is -3.38. The van der Waals surface area contributed by atoms with E-state index in [1.54, 1.807) is 35.2 Å². The molecule has 2 N–H and O–H groups in total. The first-order valence-corrected chi connectivity index (χ1v) is 10.1. The highest BCUT2D eigenvalue weighted by Crippen LogP contribution is 2.11. The molecule has 1 aliphatic rings. The highest BCUT2D eigenvalue weighted by molar-refractivity contribution is 7.91. The Bertz CT molecular complexity index is 594. The minimum Gasteiger partial charge on any atom is -0.353 e. The summed E-state index contributed by atoms with van der Waals surface area (Å²) in [5.41, 5.74) is 0. The van der Waals surface area contributed by atoms with Crippen LogP contribution in [0.1, 0.15) is 32.6 Å². The largest absolute Gasteiger partial charge is 0.353 e. The summed E-state index contributed by atoms with van der Waals surface area (Å²) in [5.74, 6) is -0.295. The summed E-state index contributed by atoms with van der Waals surface area (Å²) in [6.45, 7) is 5.55. The van der Waals surface area contributed by atoms with Gasteiger partial charge in [-0.2, -0.15) is 0 Å². The number of amides is 1. The van der Waals surface area contributed by atoms with Crippen LogP contribution < -0.4 is 10.2 Å². The summed E-state index contributed by atoms with van der Waals surface area (Å²) >= 11 is 0. The minimum atomic E-state index is -3.38. The molecule has 0 bridgehead atoms. The van der Waals surface area contributed by atoms with Crippen LogP contribution in [-0.4, -0.2) is 45.8 Å². The molecular formula is C17H27N2O3S+. The predicted octanol–water partition coefficient (Wildman–Crippen LogP) is 0.424. The summed E-state index contributed by atoms with van der Waals surface area (Å²) < 4.78 is 24.3. The Morgan fingerprint density at radius 1 is 1.22 bits per heavy atom. The van der Waals surface area contributed by atoms with Crippen LogP contribution in [0.15, 0.2) is 35.2 Å². The lowest BCUT2D eigenvalue weighted by Gasteiger charge is -2.29. The van der Waals surface area contributed by atoms with Crippen molar-refractivity contribution in [3.63, 3.8) is 0 Å². The molecule has 1 aromatic carbocycles. The first kappa shape index (κ1) is 17.9. The number of sulfone groups is 1. The van der Waals surface area contributed by atoms with Crippen molar-refractivity contribution in [3.05, 3.63) is 30.3 Å². The zero-order valence-corrected chi connectivity index (χ0v) is 14.6. The lowest BCUT2D eigenvalue weighted by molar-refractivity contribution is -0.905. The molecule has 0 atom stereocenters. The Balaban J connectivity index is 1.76. The monoisotopic (exact) mass is 339 g/mol. The number of nitrogens with one attached hydrogen (secondary N) is 2. The third-order valence-corrected chi connectivity index (χ3v) is 6.09. The molecule has 0 radical (unpaired) electrons. The van der Waals surface area contributed by atoms with Crippen LogP contribution in [0.5, 0.6) is 0 Å². The summed E-state index contributed by atoms with van der Waals surface area (Å²) in [6.07, 6.45) is 3.17. The van der Waals surface area contributed by atoms with Gasteiger partial charge in [-0.1, -0.05) is 25.1 Å². The molecule has 1 heterocycles. The fourth-order valence-electron chi connectivity index (χ4n) is 3.05. The SMILES string of the molecule is CCC[NH+]1CCC(NC(=O)CCS(=O)(=O)c2ccccc2)CC1. The number of likely N-dealkylation sites (tertiary alicyclic amines) is 1. The maximum atomic E-state index is 12.2. The van der Waals surface area contributed by atoms with Gasteiger partial charge in [-0.3, -0.25) is 4.79 Å². The zero-order valence-electron chi connectivity index (χ0n) is 13.8. The van der Waals surface area contributed by atoms with E-state index in [9.17, 15) is 13.2 Å². The fraction of sp³-hybridized carbons (Fsp3) is 0.588. The van der Waals surface area contributed by atoms with Crippen LogP contribution in [0.25, 0.3) is 0 Å². The topological polar surface area (TPSA) is 67.7 Å². The minimum absolute atomic E-state index is 0.0270. The number of carbonyl (C=O) groups excluding carboxylic acids is 1. The van der Waals surface area contributed by atoms with Gasteiger partial charge in [0.1, 0.15) is 0 Å².